The maximum Gasteiger partial charge on any atom is 0.192 e. The van der Waals surface area contributed by atoms with Crippen LogP contribution in [-0.4, -0.2) is 44.7 Å². The van der Waals surface area contributed by atoms with Crippen LogP contribution in [0.1, 0.15) is 37.6 Å². The van der Waals surface area contributed by atoms with Crippen LogP contribution in [0.4, 0.5) is 5.82 Å². The number of phenols is 1. The van der Waals surface area contributed by atoms with Crippen molar-refractivity contribution in [2.45, 2.75) is 51.6 Å². The van der Waals surface area contributed by atoms with Gasteiger partial charge >= 0.3 is 0 Å². The molecule has 32 heavy (non-hydrogen) atoms. The Morgan fingerprint density at radius 1 is 1.09 bits per heavy atom. The SMILES string of the molecule is Cc1nc2c(C)c(O)c(-c3ccc4nc(N5CCC(NC6(C)CC6)C5)ccc4n3)cc2o1. The van der Waals surface area contributed by atoms with Crippen LogP contribution < -0.4 is 10.2 Å². The molecule has 2 aliphatic rings. The number of aryl methyl sites for hydroxylation is 2. The Morgan fingerprint density at radius 3 is 2.69 bits per heavy atom. The van der Waals surface area contributed by atoms with Crippen molar-refractivity contribution in [1.82, 2.24) is 20.3 Å². The van der Waals surface area contributed by atoms with Crippen molar-refractivity contribution >= 4 is 28.0 Å². The summed E-state index contributed by atoms with van der Waals surface area (Å²) in [6.07, 6.45) is 3.71. The third-order valence-electron chi connectivity index (χ3n) is 6.87. The molecule has 6 rings (SSSR count). The third-order valence-corrected chi connectivity index (χ3v) is 6.87. The standard InChI is InChI=1S/C25H27N5O2/c1-14-23-21(32-15(2)26-23)12-17(24(14)31)18-4-5-20-19(27-18)6-7-22(28-20)30-11-8-16(13-30)29-25(3)9-10-25/h4-7,12,16,29,31H,8-11,13H2,1-3H3. The molecule has 0 amide bonds. The Bertz CT molecular complexity index is 1360. The number of oxazole rings is 1. The monoisotopic (exact) mass is 429 g/mol. The smallest absolute Gasteiger partial charge is 0.192 e. The third kappa shape index (κ3) is 3.28. The average Bonchev–Trinajstić information content (AvgIpc) is 3.16. The van der Waals surface area contributed by atoms with Crippen molar-refractivity contribution < 1.29 is 9.52 Å². The summed E-state index contributed by atoms with van der Waals surface area (Å²) < 4.78 is 5.70. The minimum Gasteiger partial charge on any atom is -0.507 e. The fourth-order valence-corrected chi connectivity index (χ4v) is 4.75. The summed E-state index contributed by atoms with van der Waals surface area (Å²) in [6, 6.07) is 10.3. The zero-order valence-electron chi connectivity index (χ0n) is 18.6. The van der Waals surface area contributed by atoms with E-state index >= 15 is 0 Å². The molecule has 4 aromatic rings. The van der Waals surface area contributed by atoms with E-state index in [4.69, 9.17) is 14.4 Å². The van der Waals surface area contributed by atoms with Gasteiger partial charge in [0.1, 0.15) is 17.1 Å². The van der Waals surface area contributed by atoms with Gasteiger partial charge < -0.3 is 19.7 Å². The van der Waals surface area contributed by atoms with E-state index in [-0.39, 0.29) is 5.75 Å². The number of benzene rings is 1. The molecular weight excluding hydrogens is 402 g/mol. The van der Waals surface area contributed by atoms with Crippen LogP contribution in [-0.2, 0) is 0 Å². The molecule has 2 N–H and O–H groups in total. The Kier molecular flexibility index (Phi) is 4.21. The van der Waals surface area contributed by atoms with Crippen LogP contribution in [0.3, 0.4) is 0 Å². The number of hydrogen-bond acceptors (Lipinski definition) is 7. The molecule has 1 saturated heterocycles. The van der Waals surface area contributed by atoms with Gasteiger partial charge in [0.25, 0.3) is 0 Å². The highest BCUT2D eigenvalue weighted by Crippen LogP contribution is 2.38. The van der Waals surface area contributed by atoms with E-state index in [0.29, 0.717) is 45.4 Å². The maximum absolute atomic E-state index is 10.8. The second-order valence-corrected chi connectivity index (χ2v) is 9.52. The molecule has 1 aliphatic carbocycles. The summed E-state index contributed by atoms with van der Waals surface area (Å²) >= 11 is 0. The first-order chi connectivity index (χ1) is 15.4. The average molecular weight is 430 g/mol. The van der Waals surface area contributed by atoms with Gasteiger partial charge in [0.15, 0.2) is 11.5 Å². The van der Waals surface area contributed by atoms with Crippen LogP contribution in [0.25, 0.3) is 33.4 Å². The van der Waals surface area contributed by atoms with Gasteiger partial charge in [-0.3, -0.25) is 0 Å². The quantitative estimate of drug-likeness (QED) is 0.494. The van der Waals surface area contributed by atoms with Gasteiger partial charge in [0.2, 0.25) is 0 Å². The lowest BCUT2D eigenvalue weighted by atomic mass is 10.0. The van der Waals surface area contributed by atoms with E-state index in [2.05, 4.69) is 28.2 Å². The molecule has 0 radical (unpaired) electrons. The normalized spacial score (nSPS) is 19.8. The second kappa shape index (κ2) is 6.90. The van der Waals surface area contributed by atoms with E-state index < -0.39 is 0 Å². The first kappa shape index (κ1) is 19.5. The van der Waals surface area contributed by atoms with E-state index in [0.717, 1.165) is 36.4 Å². The predicted molar refractivity (Wildman–Crippen MR) is 125 cm³/mol. The molecule has 1 saturated carbocycles. The molecule has 0 spiro atoms. The van der Waals surface area contributed by atoms with Crippen molar-refractivity contribution in [3.8, 4) is 17.0 Å². The minimum atomic E-state index is 0.183. The van der Waals surface area contributed by atoms with Crippen molar-refractivity contribution in [1.29, 1.82) is 0 Å². The molecule has 2 fully saturated rings. The first-order valence-electron chi connectivity index (χ1n) is 11.3. The van der Waals surface area contributed by atoms with E-state index in [1.54, 1.807) is 6.92 Å². The topological polar surface area (TPSA) is 87.3 Å². The number of hydrogen-bond donors (Lipinski definition) is 2. The van der Waals surface area contributed by atoms with Crippen molar-refractivity contribution in [3.63, 3.8) is 0 Å². The second-order valence-electron chi connectivity index (χ2n) is 9.52. The fraction of sp³-hybridized carbons (Fsp3) is 0.400. The van der Waals surface area contributed by atoms with Crippen LogP contribution >= 0.6 is 0 Å². The molecule has 4 heterocycles. The number of fused-ring (bicyclic) bond motifs is 2. The number of pyridine rings is 2. The predicted octanol–water partition coefficient (Wildman–Crippen LogP) is 4.48. The minimum absolute atomic E-state index is 0.183. The Labute approximate surface area is 186 Å². The summed E-state index contributed by atoms with van der Waals surface area (Å²) in [4.78, 5) is 16.4. The number of phenolic OH excluding ortho intramolecular Hbond substituents is 1. The van der Waals surface area contributed by atoms with Gasteiger partial charge in [0.05, 0.1) is 16.7 Å². The number of nitrogens with one attached hydrogen (secondary N) is 1. The van der Waals surface area contributed by atoms with E-state index in [1.165, 1.54) is 12.8 Å². The van der Waals surface area contributed by atoms with Crippen LogP contribution in [0, 0.1) is 13.8 Å². The van der Waals surface area contributed by atoms with Gasteiger partial charge in [-0.2, -0.15) is 0 Å². The molecule has 3 aromatic heterocycles. The molecule has 1 aliphatic heterocycles. The van der Waals surface area contributed by atoms with E-state index in [9.17, 15) is 5.11 Å². The van der Waals surface area contributed by atoms with Gasteiger partial charge in [-0.25, -0.2) is 15.0 Å². The summed E-state index contributed by atoms with van der Waals surface area (Å²) in [7, 11) is 0. The zero-order valence-corrected chi connectivity index (χ0v) is 18.6. The summed E-state index contributed by atoms with van der Waals surface area (Å²) in [5, 5.41) is 14.6. The molecule has 7 heteroatoms. The molecule has 1 unspecified atom stereocenters. The van der Waals surface area contributed by atoms with Crippen molar-refractivity contribution in [2.24, 2.45) is 0 Å². The largest absolute Gasteiger partial charge is 0.507 e. The fourth-order valence-electron chi connectivity index (χ4n) is 4.75. The van der Waals surface area contributed by atoms with Crippen molar-refractivity contribution in [3.05, 3.63) is 41.8 Å². The number of aromatic hydroxyl groups is 1. The molecule has 1 atom stereocenters. The van der Waals surface area contributed by atoms with Crippen LogP contribution in [0.15, 0.2) is 34.7 Å². The molecule has 0 bridgehead atoms. The van der Waals surface area contributed by atoms with Crippen molar-refractivity contribution in [2.75, 3.05) is 18.0 Å². The first-order valence-corrected chi connectivity index (χ1v) is 11.3. The van der Waals surface area contributed by atoms with E-state index in [1.807, 2.05) is 31.2 Å². The molecule has 7 nitrogen and oxygen atoms in total. The Hall–Kier alpha value is -3.19. The van der Waals surface area contributed by atoms with Gasteiger partial charge in [0, 0.05) is 42.7 Å². The molecule has 164 valence electrons. The Balaban J connectivity index is 1.30. The lowest BCUT2D eigenvalue weighted by Crippen LogP contribution is -2.40. The number of aromatic nitrogens is 3. The number of anilines is 1. The molecule has 1 aromatic carbocycles. The highest BCUT2D eigenvalue weighted by atomic mass is 16.3. The highest BCUT2D eigenvalue weighted by molar-refractivity contribution is 5.89. The molecular formula is C25H27N5O2. The summed E-state index contributed by atoms with van der Waals surface area (Å²) in [5.74, 6) is 1.75. The van der Waals surface area contributed by atoms with Crippen LogP contribution in [0.2, 0.25) is 0 Å². The lowest BCUT2D eigenvalue weighted by molar-refractivity contribution is 0.455. The van der Waals surface area contributed by atoms with Crippen LogP contribution in [0.5, 0.6) is 5.75 Å². The number of nitrogens with zero attached hydrogens (tertiary/aromatic N) is 4. The lowest BCUT2D eigenvalue weighted by Gasteiger charge is -2.20. The summed E-state index contributed by atoms with van der Waals surface area (Å²) in [5.41, 5.74) is 5.37. The summed E-state index contributed by atoms with van der Waals surface area (Å²) in [6.45, 7) is 7.97. The van der Waals surface area contributed by atoms with Gasteiger partial charge in [-0.1, -0.05) is 0 Å². The highest BCUT2D eigenvalue weighted by Gasteiger charge is 2.40. The van der Waals surface area contributed by atoms with Gasteiger partial charge in [-0.05, 0) is 63.4 Å². The maximum atomic E-state index is 10.8. The zero-order chi connectivity index (χ0) is 22.0. The number of rotatable bonds is 4. The van der Waals surface area contributed by atoms with Gasteiger partial charge in [-0.15, -0.1) is 0 Å². The Morgan fingerprint density at radius 2 is 1.88 bits per heavy atom.